The number of nitrogens with one attached hydrogen (secondary N) is 2. The van der Waals surface area contributed by atoms with Crippen molar-refractivity contribution in [1.29, 1.82) is 0 Å². The van der Waals surface area contributed by atoms with Crippen molar-refractivity contribution in [2.24, 2.45) is 0 Å². The number of hydrogen-bond donors (Lipinski definition) is 3. The summed E-state index contributed by atoms with van der Waals surface area (Å²) < 4.78 is 44.8. The number of alkyl halides is 3. The van der Waals surface area contributed by atoms with Crippen molar-refractivity contribution in [2.45, 2.75) is 24.6 Å². The molecule has 4 rings (SSSR count). The molecule has 45 heavy (non-hydrogen) atoms. The Morgan fingerprint density at radius 1 is 0.822 bits per heavy atom. The van der Waals surface area contributed by atoms with Crippen LogP contribution in [0.25, 0.3) is 6.08 Å². The summed E-state index contributed by atoms with van der Waals surface area (Å²) in [6.07, 6.45) is -3.24. The first-order chi connectivity index (χ1) is 21.6. The van der Waals surface area contributed by atoms with Gasteiger partial charge in [-0.25, -0.2) is 4.79 Å². The summed E-state index contributed by atoms with van der Waals surface area (Å²) in [7, 11) is 0. The van der Waals surface area contributed by atoms with E-state index < -0.39 is 35.6 Å². The zero-order valence-corrected chi connectivity index (χ0v) is 24.6. The predicted molar refractivity (Wildman–Crippen MR) is 166 cm³/mol. The SMILES string of the molecule is O=C(NC(CSCc1ccccc1)C(=O)O)C(=Cc1ccc(OCc2ccccc2)cc1)NC(=O)c1ccc(C(F)(F)F)cc1. The van der Waals surface area contributed by atoms with E-state index in [0.29, 0.717) is 23.7 Å². The molecule has 4 aromatic rings. The van der Waals surface area contributed by atoms with E-state index in [-0.39, 0.29) is 17.0 Å². The molecule has 0 heterocycles. The van der Waals surface area contributed by atoms with E-state index in [1.165, 1.54) is 17.8 Å². The maximum Gasteiger partial charge on any atom is 0.416 e. The molecular formula is C34H29F3N2O5S. The number of carboxylic acids is 1. The Morgan fingerprint density at radius 2 is 1.42 bits per heavy atom. The predicted octanol–water partition coefficient (Wildman–Crippen LogP) is 6.56. The number of carbonyl (C=O) groups excluding carboxylic acids is 2. The Bertz CT molecular complexity index is 1610. The number of amides is 2. The molecule has 0 radical (unpaired) electrons. The third kappa shape index (κ3) is 10.3. The lowest BCUT2D eigenvalue weighted by Gasteiger charge is -2.17. The van der Waals surface area contributed by atoms with E-state index >= 15 is 0 Å². The lowest BCUT2D eigenvalue weighted by Crippen LogP contribution is -2.45. The van der Waals surface area contributed by atoms with Crippen LogP contribution in [-0.4, -0.2) is 34.7 Å². The van der Waals surface area contributed by atoms with Crippen LogP contribution in [-0.2, 0) is 28.1 Å². The average molecular weight is 635 g/mol. The third-order valence-corrected chi connectivity index (χ3v) is 7.51. The summed E-state index contributed by atoms with van der Waals surface area (Å²) in [6, 6.07) is 27.8. The zero-order valence-electron chi connectivity index (χ0n) is 23.8. The van der Waals surface area contributed by atoms with Gasteiger partial charge >= 0.3 is 12.1 Å². The molecule has 1 unspecified atom stereocenters. The fourth-order valence-electron chi connectivity index (χ4n) is 4.01. The largest absolute Gasteiger partial charge is 0.489 e. The van der Waals surface area contributed by atoms with Crippen molar-refractivity contribution >= 4 is 35.6 Å². The van der Waals surface area contributed by atoms with E-state index in [1.54, 1.807) is 24.3 Å². The molecule has 3 N–H and O–H groups in total. The maximum atomic E-state index is 13.3. The highest BCUT2D eigenvalue weighted by Crippen LogP contribution is 2.29. The van der Waals surface area contributed by atoms with Gasteiger partial charge in [0.05, 0.1) is 5.56 Å². The van der Waals surface area contributed by atoms with E-state index in [1.807, 2.05) is 60.7 Å². The molecule has 2 amide bonds. The van der Waals surface area contributed by atoms with Gasteiger partial charge in [0.2, 0.25) is 0 Å². The van der Waals surface area contributed by atoms with E-state index in [9.17, 15) is 32.7 Å². The van der Waals surface area contributed by atoms with E-state index in [2.05, 4.69) is 10.6 Å². The first-order valence-corrected chi connectivity index (χ1v) is 14.9. The van der Waals surface area contributed by atoms with Crippen LogP contribution in [0, 0.1) is 0 Å². The van der Waals surface area contributed by atoms with Gasteiger partial charge in [-0.1, -0.05) is 72.8 Å². The zero-order chi connectivity index (χ0) is 32.2. The molecular weight excluding hydrogens is 605 g/mol. The number of benzene rings is 4. The highest BCUT2D eigenvalue weighted by atomic mass is 32.2. The molecule has 0 aliphatic rings. The average Bonchev–Trinajstić information content (AvgIpc) is 3.04. The number of rotatable bonds is 13. The van der Waals surface area contributed by atoms with Gasteiger partial charge in [-0.15, -0.1) is 0 Å². The van der Waals surface area contributed by atoms with E-state index in [0.717, 1.165) is 35.4 Å². The van der Waals surface area contributed by atoms with Crippen molar-refractivity contribution in [3.8, 4) is 5.75 Å². The Hall–Kier alpha value is -5.03. The van der Waals surface area contributed by atoms with Crippen molar-refractivity contribution in [3.05, 3.63) is 143 Å². The number of ether oxygens (including phenoxy) is 1. The second-order valence-electron chi connectivity index (χ2n) is 9.80. The van der Waals surface area contributed by atoms with Crippen molar-refractivity contribution in [1.82, 2.24) is 10.6 Å². The molecule has 4 aromatic carbocycles. The number of halogens is 3. The van der Waals surface area contributed by atoms with Crippen molar-refractivity contribution in [2.75, 3.05) is 5.75 Å². The molecule has 0 saturated heterocycles. The van der Waals surface area contributed by atoms with Gasteiger partial charge in [0.25, 0.3) is 11.8 Å². The standard InChI is InChI=1S/C34H29F3N2O5S/c35-34(36,37)27-15-13-26(14-16-27)31(40)38-29(19-23-11-17-28(18-12-23)44-20-24-7-3-1-4-8-24)32(41)39-30(33(42)43)22-45-21-25-9-5-2-6-10-25/h1-19,30H,20-22H2,(H,38,40)(H,39,41)(H,42,43). The molecule has 0 aromatic heterocycles. The normalized spacial score (nSPS) is 12.2. The number of carbonyl (C=O) groups is 3. The molecule has 232 valence electrons. The van der Waals surface area contributed by atoms with Gasteiger partial charge in [0.15, 0.2) is 0 Å². The third-order valence-electron chi connectivity index (χ3n) is 6.41. The smallest absolute Gasteiger partial charge is 0.416 e. The molecule has 0 aliphatic carbocycles. The lowest BCUT2D eigenvalue weighted by atomic mass is 10.1. The molecule has 0 fully saturated rings. The van der Waals surface area contributed by atoms with Gasteiger partial charge in [-0.2, -0.15) is 24.9 Å². The van der Waals surface area contributed by atoms with Crippen LogP contribution in [0.3, 0.4) is 0 Å². The van der Waals surface area contributed by atoms with Gasteiger partial charge in [0.1, 0.15) is 24.1 Å². The highest BCUT2D eigenvalue weighted by Gasteiger charge is 2.30. The van der Waals surface area contributed by atoms with E-state index in [4.69, 9.17) is 4.74 Å². The van der Waals surface area contributed by atoms with Crippen LogP contribution in [0.4, 0.5) is 13.2 Å². The molecule has 0 saturated carbocycles. The Morgan fingerprint density at radius 3 is 2.00 bits per heavy atom. The van der Waals surface area contributed by atoms with Crippen molar-refractivity contribution in [3.63, 3.8) is 0 Å². The molecule has 0 spiro atoms. The summed E-state index contributed by atoms with van der Waals surface area (Å²) in [5, 5.41) is 14.6. The summed E-state index contributed by atoms with van der Waals surface area (Å²) in [5.41, 5.74) is 1.08. The summed E-state index contributed by atoms with van der Waals surface area (Å²) in [5.74, 6) is -1.88. The van der Waals surface area contributed by atoms with Gasteiger partial charge in [-0.3, -0.25) is 9.59 Å². The fraction of sp³-hybridized carbons (Fsp3) is 0.147. The van der Waals surface area contributed by atoms with Crippen molar-refractivity contribution < 1.29 is 37.4 Å². The molecule has 7 nitrogen and oxygen atoms in total. The first-order valence-electron chi connectivity index (χ1n) is 13.7. The molecule has 0 aliphatic heterocycles. The molecule has 0 bridgehead atoms. The van der Waals surface area contributed by atoms with Crippen LogP contribution in [0.15, 0.2) is 115 Å². The Labute approximate surface area is 262 Å². The van der Waals surface area contributed by atoms with Gasteiger partial charge < -0.3 is 20.5 Å². The second kappa shape index (κ2) is 15.6. The number of hydrogen-bond acceptors (Lipinski definition) is 5. The maximum absolute atomic E-state index is 13.3. The quantitative estimate of drug-likeness (QED) is 0.144. The van der Waals surface area contributed by atoms with Crippen LogP contribution in [0.5, 0.6) is 5.75 Å². The number of aliphatic carboxylic acids is 1. The van der Waals surface area contributed by atoms with Crippen LogP contribution in [0.1, 0.15) is 32.6 Å². The number of thioether (sulfide) groups is 1. The second-order valence-corrected chi connectivity index (χ2v) is 10.8. The fourth-order valence-corrected chi connectivity index (χ4v) is 5.02. The minimum absolute atomic E-state index is 0.0452. The lowest BCUT2D eigenvalue weighted by molar-refractivity contribution is -0.140. The highest BCUT2D eigenvalue weighted by molar-refractivity contribution is 7.98. The van der Waals surface area contributed by atoms with Gasteiger partial charge in [0, 0.05) is 17.1 Å². The number of carboxylic acid groups (broad SMARTS) is 1. The molecule has 1 atom stereocenters. The Balaban J connectivity index is 1.50. The van der Waals surface area contributed by atoms with Crippen LogP contribution in [0.2, 0.25) is 0 Å². The topological polar surface area (TPSA) is 105 Å². The van der Waals surface area contributed by atoms with Crippen LogP contribution < -0.4 is 15.4 Å². The first kappa shape index (κ1) is 32.9. The Kier molecular flexibility index (Phi) is 11.4. The minimum atomic E-state index is -4.58. The van der Waals surface area contributed by atoms with Gasteiger partial charge in [-0.05, 0) is 59.2 Å². The minimum Gasteiger partial charge on any atom is -0.489 e. The monoisotopic (exact) mass is 634 g/mol. The van der Waals surface area contributed by atoms with Crippen LogP contribution >= 0.6 is 11.8 Å². The molecule has 11 heteroatoms. The summed E-state index contributed by atoms with van der Waals surface area (Å²) >= 11 is 1.31. The summed E-state index contributed by atoms with van der Waals surface area (Å²) in [6.45, 7) is 0.339. The summed E-state index contributed by atoms with van der Waals surface area (Å²) in [4.78, 5) is 38.3.